The van der Waals surface area contributed by atoms with Crippen LogP contribution in [0.5, 0.6) is 0 Å². The van der Waals surface area contributed by atoms with Gasteiger partial charge < -0.3 is 0 Å². The number of hydrogen-bond donors (Lipinski definition) is 0. The minimum absolute atomic E-state index is 0.231. The Labute approximate surface area is 183 Å². The monoisotopic (exact) mass is 412 g/mol. The van der Waals surface area contributed by atoms with E-state index in [2.05, 4.69) is 11.8 Å². The van der Waals surface area contributed by atoms with Crippen molar-refractivity contribution in [1.29, 1.82) is 0 Å². The van der Waals surface area contributed by atoms with Gasteiger partial charge >= 0.3 is 0 Å². The summed E-state index contributed by atoms with van der Waals surface area (Å²) in [6.45, 7) is 7.79. The summed E-state index contributed by atoms with van der Waals surface area (Å²) in [5.41, 5.74) is 4.35. The van der Waals surface area contributed by atoms with Crippen molar-refractivity contribution in [3.05, 3.63) is 104 Å². The third-order valence-corrected chi connectivity index (χ3v) is 5.11. The molecule has 2 heteroatoms. The maximum absolute atomic E-state index is 15.2. The Hall–Kier alpha value is -3.44. The lowest BCUT2D eigenvalue weighted by Crippen LogP contribution is -2.30. The first-order valence-electron chi connectivity index (χ1n) is 10.5. The first-order chi connectivity index (χ1) is 14.9. The fourth-order valence-corrected chi connectivity index (χ4v) is 3.39. The number of rotatable bonds is 3. The molecule has 0 fully saturated rings. The van der Waals surface area contributed by atoms with E-state index in [0.717, 1.165) is 28.3 Å². The summed E-state index contributed by atoms with van der Waals surface area (Å²) in [5, 5.41) is 1.48. The van der Waals surface area contributed by atoms with E-state index in [1.54, 1.807) is 36.4 Å². The van der Waals surface area contributed by atoms with E-state index in [1.165, 1.54) is 5.56 Å². The van der Waals surface area contributed by atoms with Crippen molar-refractivity contribution < 1.29 is 8.78 Å². The first kappa shape index (κ1) is 22.2. The van der Waals surface area contributed by atoms with Gasteiger partial charge in [0.15, 0.2) is 11.7 Å². The highest BCUT2D eigenvalue weighted by Crippen LogP contribution is 2.27. The van der Waals surface area contributed by atoms with Crippen LogP contribution in [-0.2, 0) is 0 Å². The number of benzene rings is 3. The van der Waals surface area contributed by atoms with Crippen molar-refractivity contribution >= 4 is 23.8 Å². The second-order valence-electron chi connectivity index (χ2n) is 7.50. The Kier molecular flexibility index (Phi) is 7.21. The molecule has 0 bridgehead atoms. The predicted octanol–water partition coefficient (Wildman–Crippen LogP) is 6.46. The Balaban J connectivity index is 2.16. The molecule has 3 aromatic rings. The number of halogens is 2. The summed E-state index contributed by atoms with van der Waals surface area (Å²) >= 11 is 0. The van der Waals surface area contributed by atoms with Crippen LogP contribution in [0.15, 0.2) is 60.7 Å². The maximum Gasteiger partial charge on any atom is 0.167 e. The molecule has 0 aromatic heterocycles. The SMILES string of the molecule is C/C=c1/c(/C(F)=C(\F)c2ccc(C)cc2)ccc(C#Cc2ccc(C)cc2)/c1=C/CC. The lowest BCUT2D eigenvalue weighted by Gasteiger charge is -2.06. The fraction of sp³-hybridized carbons (Fsp3) is 0.172. The smallest absolute Gasteiger partial charge is 0.167 e. The molecule has 0 aliphatic rings. The van der Waals surface area contributed by atoms with Crippen LogP contribution in [0.25, 0.3) is 23.8 Å². The highest BCUT2D eigenvalue weighted by atomic mass is 19.2. The van der Waals surface area contributed by atoms with Crippen molar-refractivity contribution in [3.8, 4) is 11.8 Å². The quantitative estimate of drug-likeness (QED) is 0.342. The van der Waals surface area contributed by atoms with Gasteiger partial charge in [-0.05, 0) is 55.8 Å². The van der Waals surface area contributed by atoms with Gasteiger partial charge in [0.25, 0.3) is 0 Å². The van der Waals surface area contributed by atoms with Gasteiger partial charge in [-0.2, -0.15) is 0 Å². The summed E-state index contributed by atoms with van der Waals surface area (Å²) in [6.07, 6.45) is 4.58. The predicted molar refractivity (Wildman–Crippen MR) is 128 cm³/mol. The normalized spacial score (nSPS) is 13.0. The highest BCUT2D eigenvalue weighted by molar-refractivity contribution is 5.83. The second-order valence-corrected chi connectivity index (χ2v) is 7.50. The molecule has 0 heterocycles. The zero-order chi connectivity index (χ0) is 22.4. The standard InChI is InChI=1S/C29H26F2/c1-5-7-26-23(17-14-22-12-8-20(3)9-13-22)18-19-27(25(26)6-2)29(31)28(30)24-15-10-21(4)11-16-24/h6-13,15-16,18-19H,5H2,1-4H3/b25-6+,26-7-,29-28+. The van der Waals surface area contributed by atoms with Crippen LogP contribution in [-0.4, -0.2) is 0 Å². The van der Waals surface area contributed by atoms with E-state index >= 15 is 4.39 Å². The molecule has 0 spiro atoms. The largest absolute Gasteiger partial charge is 0.203 e. The molecule has 0 aliphatic heterocycles. The molecule has 0 radical (unpaired) electrons. The molecule has 0 unspecified atom stereocenters. The van der Waals surface area contributed by atoms with Crippen molar-refractivity contribution in [1.82, 2.24) is 0 Å². The topological polar surface area (TPSA) is 0 Å². The Morgan fingerprint density at radius 1 is 0.774 bits per heavy atom. The Morgan fingerprint density at radius 2 is 1.39 bits per heavy atom. The van der Waals surface area contributed by atoms with Crippen LogP contribution in [0.1, 0.15) is 53.6 Å². The summed E-state index contributed by atoms with van der Waals surface area (Å²) in [4.78, 5) is 0. The Morgan fingerprint density at radius 3 is 1.97 bits per heavy atom. The molecular formula is C29H26F2. The van der Waals surface area contributed by atoms with Crippen LogP contribution >= 0.6 is 0 Å². The van der Waals surface area contributed by atoms with E-state index in [9.17, 15) is 4.39 Å². The van der Waals surface area contributed by atoms with Crippen LogP contribution in [0.3, 0.4) is 0 Å². The zero-order valence-corrected chi connectivity index (χ0v) is 18.4. The molecular weight excluding hydrogens is 386 g/mol. The molecule has 3 aromatic carbocycles. The van der Waals surface area contributed by atoms with Gasteiger partial charge in [0.2, 0.25) is 0 Å². The van der Waals surface area contributed by atoms with Gasteiger partial charge in [0, 0.05) is 22.3 Å². The molecule has 31 heavy (non-hydrogen) atoms. The van der Waals surface area contributed by atoms with Gasteiger partial charge in [0.05, 0.1) is 0 Å². The van der Waals surface area contributed by atoms with Gasteiger partial charge in [0.1, 0.15) is 0 Å². The second kappa shape index (κ2) is 10.0. The van der Waals surface area contributed by atoms with Crippen molar-refractivity contribution in [2.45, 2.75) is 34.1 Å². The number of hydrogen-bond acceptors (Lipinski definition) is 0. The minimum atomic E-state index is -0.860. The molecule has 0 N–H and O–H groups in total. The van der Waals surface area contributed by atoms with Crippen LogP contribution in [0.4, 0.5) is 8.78 Å². The molecule has 0 amide bonds. The highest BCUT2D eigenvalue weighted by Gasteiger charge is 2.14. The van der Waals surface area contributed by atoms with Gasteiger partial charge in [-0.15, -0.1) is 0 Å². The summed E-state index contributed by atoms with van der Waals surface area (Å²) in [7, 11) is 0. The summed E-state index contributed by atoms with van der Waals surface area (Å²) in [6, 6.07) is 18.1. The van der Waals surface area contributed by atoms with E-state index < -0.39 is 11.7 Å². The van der Waals surface area contributed by atoms with Crippen LogP contribution < -0.4 is 10.4 Å². The third-order valence-electron chi connectivity index (χ3n) is 5.11. The zero-order valence-electron chi connectivity index (χ0n) is 18.4. The molecule has 0 nitrogen and oxygen atoms in total. The third kappa shape index (κ3) is 5.19. The average molecular weight is 413 g/mol. The lowest BCUT2D eigenvalue weighted by molar-refractivity contribution is 0.699. The molecule has 0 saturated carbocycles. The Bertz CT molecular complexity index is 1280. The van der Waals surface area contributed by atoms with Crippen LogP contribution in [0.2, 0.25) is 0 Å². The number of aryl methyl sites for hydroxylation is 2. The van der Waals surface area contributed by atoms with Gasteiger partial charge in [-0.25, -0.2) is 8.78 Å². The fourth-order valence-electron chi connectivity index (χ4n) is 3.39. The molecule has 156 valence electrons. The van der Waals surface area contributed by atoms with E-state index in [-0.39, 0.29) is 11.1 Å². The summed E-state index contributed by atoms with van der Waals surface area (Å²) < 4.78 is 30.2. The first-order valence-corrected chi connectivity index (χ1v) is 10.5. The molecule has 3 rings (SSSR count). The van der Waals surface area contributed by atoms with E-state index in [1.807, 2.05) is 64.1 Å². The van der Waals surface area contributed by atoms with Crippen LogP contribution in [0, 0.1) is 25.7 Å². The van der Waals surface area contributed by atoms with Crippen molar-refractivity contribution in [2.75, 3.05) is 0 Å². The lowest BCUT2D eigenvalue weighted by atomic mass is 10.0. The average Bonchev–Trinajstić information content (AvgIpc) is 2.78. The molecule has 0 aliphatic carbocycles. The van der Waals surface area contributed by atoms with Crippen molar-refractivity contribution in [2.24, 2.45) is 0 Å². The molecule has 0 atom stereocenters. The minimum Gasteiger partial charge on any atom is -0.203 e. The van der Waals surface area contributed by atoms with Gasteiger partial charge in [-0.1, -0.05) is 84.5 Å². The van der Waals surface area contributed by atoms with Crippen molar-refractivity contribution in [3.63, 3.8) is 0 Å². The van der Waals surface area contributed by atoms with E-state index in [0.29, 0.717) is 5.22 Å². The molecule has 0 saturated heterocycles. The van der Waals surface area contributed by atoms with Gasteiger partial charge in [-0.3, -0.25) is 0 Å². The van der Waals surface area contributed by atoms with E-state index in [4.69, 9.17) is 0 Å². The maximum atomic E-state index is 15.2. The summed E-state index contributed by atoms with van der Waals surface area (Å²) in [5.74, 6) is 4.67.